The number of hydrogen-bond acceptors (Lipinski definition) is 4. The molecule has 1 heterocycles. The highest BCUT2D eigenvalue weighted by Gasteiger charge is 2.23. The first kappa shape index (κ1) is 18.4. The second-order valence-corrected chi connectivity index (χ2v) is 6.26. The standard InChI is InChI=1S/C20H30N2O2/c1-7-22(8-2)15(3)17-9-18(14-21(4)13-17)16-10-19(23-5)12-20(11-16)24-6/h9-12,18H,3,7-8,13-14H2,1-2,4-6H3. The molecule has 1 aliphatic rings. The van der Waals surface area contributed by atoms with Crippen molar-refractivity contribution in [1.82, 2.24) is 9.80 Å². The van der Waals surface area contributed by atoms with Crippen LogP contribution in [0.5, 0.6) is 11.5 Å². The SMILES string of the molecule is C=C(C1=CC(c2cc(OC)cc(OC)c2)CN(C)C1)N(CC)CC. The molecule has 1 atom stereocenters. The van der Waals surface area contributed by atoms with Gasteiger partial charge in [-0.25, -0.2) is 0 Å². The summed E-state index contributed by atoms with van der Waals surface area (Å²) in [5.74, 6) is 1.96. The zero-order valence-corrected chi connectivity index (χ0v) is 15.6. The molecular weight excluding hydrogens is 300 g/mol. The van der Waals surface area contributed by atoms with E-state index in [2.05, 4.69) is 55.5 Å². The van der Waals surface area contributed by atoms with Gasteiger partial charge in [-0.3, -0.25) is 0 Å². The highest BCUT2D eigenvalue weighted by molar-refractivity contribution is 5.44. The molecule has 0 aromatic heterocycles. The Bertz CT molecular complexity index is 583. The lowest BCUT2D eigenvalue weighted by molar-refractivity contribution is 0.319. The maximum absolute atomic E-state index is 5.42. The third-order valence-corrected chi connectivity index (χ3v) is 4.67. The summed E-state index contributed by atoms with van der Waals surface area (Å²) in [5.41, 5.74) is 3.65. The molecule has 1 aliphatic heterocycles. The first-order chi connectivity index (χ1) is 11.5. The molecule has 4 heteroatoms. The summed E-state index contributed by atoms with van der Waals surface area (Å²) in [4.78, 5) is 4.66. The molecule has 0 spiro atoms. The van der Waals surface area contributed by atoms with E-state index < -0.39 is 0 Å². The lowest BCUT2D eigenvalue weighted by Crippen LogP contribution is -2.34. The van der Waals surface area contributed by atoms with E-state index in [9.17, 15) is 0 Å². The van der Waals surface area contributed by atoms with Gasteiger partial charge in [-0.2, -0.15) is 0 Å². The molecule has 0 N–H and O–H groups in total. The third-order valence-electron chi connectivity index (χ3n) is 4.67. The van der Waals surface area contributed by atoms with Gasteiger partial charge in [0.15, 0.2) is 0 Å². The quantitative estimate of drug-likeness (QED) is 0.764. The largest absolute Gasteiger partial charge is 0.497 e. The fourth-order valence-corrected chi connectivity index (χ4v) is 3.28. The molecule has 132 valence electrons. The molecule has 0 saturated carbocycles. The predicted molar refractivity (Wildman–Crippen MR) is 99.9 cm³/mol. The first-order valence-electron chi connectivity index (χ1n) is 8.58. The highest BCUT2D eigenvalue weighted by atomic mass is 16.5. The average molecular weight is 330 g/mol. The molecule has 0 bridgehead atoms. The van der Waals surface area contributed by atoms with Gasteiger partial charge in [-0.05, 0) is 44.2 Å². The number of rotatable bonds is 7. The third kappa shape index (κ3) is 4.12. The maximum Gasteiger partial charge on any atom is 0.122 e. The van der Waals surface area contributed by atoms with Gasteiger partial charge in [0.1, 0.15) is 11.5 Å². The van der Waals surface area contributed by atoms with Crippen LogP contribution in [-0.4, -0.2) is 57.2 Å². The summed E-state index contributed by atoms with van der Waals surface area (Å²) in [6, 6.07) is 6.11. The van der Waals surface area contributed by atoms with E-state index in [-0.39, 0.29) is 0 Å². The summed E-state index contributed by atoms with van der Waals surface area (Å²) in [6.45, 7) is 12.6. The van der Waals surface area contributed by atoms with Crippen molar-refractivity contribution in [3.05, 3.63) is 47.7 Å². The van der Waals surface area contributed by atoms with E-state index >= 15 is 0 Å². The summed E-state index contributed by atoms with van der Waals surface area (Å²) in [5, 5.41) is 0. The zero-order valence-electron chi connectivity index (χ0n) is 15.6. The number of likely N-dealkylation sites (N-methyl/N-ethyl adjacent to an activating group) is 2. The molecule has 2 rings (SSSR count). The fraction of sp³-hybridized carbons (Fsp3) is 0.500. The van der Waals surface area contributed by atoms with Crippen LogP contribution in [0.25, 0.3) is 0 Å². The van der Waals surface area contributed by atoms with Crippen LogP contribution in [0.1, 0.15) is 25.3 Å². The van der Waals surface area contributed by atoms with Crippen LogP contribution >= 0.6 is 0 Å². The van der Waals surface area contributed by atoms with E-state index in [0.29, 0.717) is 5.92 Å². The summed E-state index contributed by atoms with van der Waals surface area (Å²) in [6.07, 6.45) is 2.36. The summed E-state index contributed by atoms with van der Waals surface area (Å²) < 4.78 is 10.8. The fourth-order valence-electron chi connectivity index (χ4n) is 3.28. The van der Waals surface area contributed by atoms with Crippen LogP contribution in [0.4, 0.5) is 0 Å². The topological polar surface area (TPSA) is 24.9 Å². The van der Waals surface area contributed by atoms with E-state index in [1.807, 2.05) is 6.07 Å². The summed E-state index contributed by atoms with van der Waals surface area (Å²) in [7, 11) is 5.54. The Labute approximate surface area is 146 Å². The van der Waals surface area contributed by atoms with E-state index in [1.54, 1.807) is 14.2 Å². The van der Waals surface area contributed by atoms with Crippen LogP contribution in [0.15, 0.2) is 42.1 Å². The number of nitrogens with zero attached hydrogens (tertiary/aromatic N) is 2. The van der Waals surface area contributed by atoms with Gasteiger partial charge in [-0.1, -0.05) is 12.7 Å². The molecule has 0 fully saturated rings. The highest BCUT2D eigenvalue weighted by Crippen LogP contribution is 2.32. The average Bonchev–Trinajstić information content (AvgIpc) is 2.61. The zero-order chi connectivity index (χ0) is 17.7. The Morgan fingerprint density at radius 3 is 2.25 bits per heavy atom. The molecule has 0 radical (unpaired) electrons. The van der Waals surface area contributed by atoms with Crippen LogP contribution in [0, 0.1) is 0 Å². The van der Waals surface area contributed by atoms with Crippen LogP contribution in [-0.2, 0) is 0 Å². The molecule has 0 amide bonds. The second kappa shape index (κ2) is 8.25. The smallest absolute Gasteiger partial charge is 0.122 e. The van der Waals surface area contributed by atoms with Crippen molar-refractivity contribution < 1.29 is 9.47 Å². The van der Waals surface area contributed by atoms with Crippen molar-refractivity contribution in [3.8, 4) is 11.5 Å². The predicted octanol–water partition coefficient (Wildman–Crippen LogP) is 3.51. The normalized spacial score (nSPS) is 18.0. The van der Waals surface area contributed by atoms with Crippen LogP contribution in [0.3, 0.4) is 0 Å². The van der Waals surface area contributed by atoms with E-state index in [4.69, 9.17) is 9.47 Å². The van der Waals surface area contributed by atoms with Gasteiger partial charge < -0.3 is 19.3 Å². The number of benzene rings is 1. The minimum atomic E-state index is 0.301. The van der Waals surface area contributed by atoms with E-state index in [1.165, 1.54) is 11.1 Å². The number of hydrogen-bond donors (Lipinski definition) is 0. The van der Waals surface area contributed by atoms with Gasteiger partial charge in [-0.15, -0.1) is 0 Å². The van der Waals surface area contributed by atoms with Crippen LogP contribution < -0.4 is 9.47 Å². The van der Waals surface area contributed by atoms with Crippen molar-refractivity contribution in [2.45, 2.75) is 19.8 Å². The van der Waals surface area contributed by atoms with Crippen molar-refractivity contribution in [2.24, 2.45) is 0 Å². The van der Waals surface area contributed by atoms with Gasteiger partial charge >= 0.3 is 0 Å². The molecule has 0 aliphatic carbocycles. The van der Waals surface area contributed by atoms with Gasteiger partial charge in [0, 0.05) is 43.9 Å². The number of ether oxygens (including phenoxy) is 2. The Morgan fingerprint density at radius 2 is 1.75 bits per heavy atom. The minimum absolute atomic E-state index is 0.301. The van der Waals surface area contributed by atoms with E-state index in [0.717, 1.165) is 43.4 Å². The maximum atomic E-state index is 5.42. The monoisotopic (exact) mass is 330 g/mol. The van der Waals surface area contributed by atoms with Crippen molar-refractivity contribution >= 4 is 0 Å². The van der Waals surface area contributed by atoms with Crippen molar-refractivity contribution in [1.29, 1.82) is 0 Å². The molecular formula is C20H30N2O2. The van der Waals surface area contributed by atoms with Gasteiger partial charge in [0.25, 0.3) is 0 Å². The Hall–Kier alpha value is -1.94. The molecule has 1 aromatic carbocycles. The molecule has 4 nitrogen and oxygen atoms in total. The van der Waals surface area contributed by atoms with Gasteiger partial charge in [0.05, 0.1) is 14.2 Å². The lowest BCUT2D eigenvalue weighted by Gasteiger charge is -2.34. The molecule has 0 saturated heterocycles. The van der Waals surface area contributed by atoms with Crippen LogP contribution in [0.2, 0.25) is 0 Å². The Kier molecular flexibility index (Phi) is 6.32. The first-order valence-corrected chi connectivity index (χ1v) is 8.58. The lowest BCUT2D eigenvalue weighted by atomic mass is 9.91. The summed E-state index contributed by atoms with van der Waals surface area (Å²) >= 11 is 0. The van der Waals surface area contributed by atoms with Crippen molar-refractivity contribution in [2.75, 3.05) is 47.4 Å². The Morgan fingerprint density at radius 1 is 1.17 bits per heavy atom. The minimum Gasteiger partial charge on any atom is -0.497 e. The molecule has 1 aromatic rings. The molecule has 24 heavy (non-hydrogen) atoms. The second-order valence-electron chi connectivity index (χ2n) is 6.26. The number of methoxy groups -OCH3 is 2. The molecule has 1 unspecified atom stereocenters. The Balaban J connectivity index is 2.35. The van der Waals surface area contributed by atoms with Crippen molar-refractivity contribution in [3.63, 3.8) is 0 Å². The van der Waals surface area contributed by atoms with Gasteiger partial charge in [0.2, 0.25) is 0 Å².